The summed E-state index contributed by atoms with van der Waals surface area (Å²) in [5.41, 5.74) is 5.35. The normalized spacial score (nSPS) is 10.5. The van der Waals surface area contributed by atoms with Crippen molar-refractivity contribution in [1.29, 1.82) is 0 Å². The molecule has 1 aromatic rings. The van der Waals surface area contributed by atoms with Crippen LogP contribution in [0.1, 0.15) is 32.0 Å². The van der Waals surface area contributed by atoms with E-state index in [2.05, 4.69) is 37.6 Å². The molecule has 0 fully saturated rings. The summed E-state index contributed by atoms with van der Waals surface area (Å²) in [5.74, 6) is 0. The van der Waals surface area contributed by atoms with Gasteiger partial charge in [0.1, 0.15) is 0 Å². The van der Waals surface area contributed by atoms with Gasteiger partial charge in [-0.3, -0.25) is 0 Å². The van der Waals surface area contributed by atoms with E-state index in [0.29, 0.717) is 0 Å². The van der Waals surface area contributed by atoms with Gasteiger partial charge in [-0.25, -0.2) is 0 Å². The van der Waals surface area contributed by atoms with Crippen molar-refractivity contribution < 1.29 is 32.7 Å². The van der Waals surface area contributed by atoms with Crippen molar-refractivity contribution in [3.63, 3.8) is 0 Å². The van der Waals surface area contributed by atoms with Gasteiger partial charge in [0, 0.05) is 32.7 Å². The molecule has 0 unspecified atom stereocenters. The van der Waals surface area contributed by atoms with Crippen LogP contribution < -0.4 is 0 Å². The fourth-order valence-corrected chi connectivity index (χ4v) is 1.35. The minimum atomic E-state index is 0. The van der Waals surface area contributed by atoms with E-state index >= 15 is 0 Å². The van der Waals surface area contributed by atoms with Gasteiger partial charge in [0.25, 0.3) is 0 Å². The van der Waals surface area contributed by atoms with Crippen molar-refractivity contribution in [3.05, 3.63) is 59.5 Å². The Bertz CT molecular complexity index is 434. The molecule has 0 atom stereocenters. The summed E-state index contributed by atoms with van der Waals surface area (Å²) in [6.07, 6.45) is 5.99. The molecule has 0 aliphatic carbocycles. The molecule has 0 aliphatic rings. The van der Waals surface area contributed by atoms with E-state index in [0.717, 1.165) is 22.4 Å². The summed E-state index contributed by atoms with van der Waals surface area (Å²) in [6.45, 7) is 12.0. The number of aryl methyl sites for hydroxylation is 1. The van der Waals surface area contributed by atoms with Crippen LogP contribution in [-0.4, -0.2) is 4.98 Å². The average molecular weight is 301 g/mol. The fraction of sp³-hybridized carbons (Fsp3) is 0.267. The summed E-state index contributed by atoms with van der Waals surface area (Å²) in [6, 6.07) is 5.08. The Morgan fingerprint density at radius 1 is 1.29 bits per heavy atom. The van der Waals surface area contributed by atoms with Crippen LogP contribution >= 0.6 is 0 Å². The molecule has 0 bridgehead atoms. The summed E-state index contributed by atoms with van der Waals surface area (Å²) in [5, 5.41) is 0. The van der Waals surface area contributed by atoms with Gasteiger partial charge >= 0.3 is 0 Å². The van der Waals surface area contributed by atoms with Crippen molar-refractivity contribution >= 4 is 5.57 Å². The first-order valence-electron chi connectivity index (χ1n) is 5.36. The van der Waals surface area contributed by atoms with E-state index in [9.17, 15) is 0 Å². The molecule has 0 spiro atoms. The maximum Gasteiger partial charge on any atom is 0 e. The van der Waals surface area contributed by atoms with Crippen molar-refractivity contribution in [2.24, 2.45) is 0 Å². The third kappa shape index (κ3) is 6.09. The first-order chi connectivity index (χ1) is 7.49. The maximum absolute atomic E-state index is 4.40. The number of pyridine rings is 1. The molecule has 1 rings (SSSR count). The Balaban J connectivity index is 0.00000256. The largest absolute Gasteiger partial charge is 0.383 e. The Labute approximate surface area is 130 Å². The van der Waals surface area contributed by atoms with E-state index in [1.165, 1.54) is 5.57 Å². The first kappa shape index (κ1) is 16.5. The van der Waals surface area contributed by atoms with Crippen molar-refractivity contribution in [1.82, 2.24) is 4.98 Å². The van der Waals surface area contributed by atoms with E-state index in [1.807, 2.05) is 32.2 Å². The van der Waals surface area contributed by atoms with Crippen LogP contribution in [0.3, 0.4) is 0 Å². The van der Waals surface area contributed by atoms with E-state index < -0.39 is 0 Å². The van der Waals surface area contributed by atoms with Crippen molar-refractivity contribution in [2.45, 2.75) is 27.7 Å². The topological polar surface area (TPSA) is 12.9 Å². The monoisotopic (exact) mass is 301 g/mol. The third-order valence-corrected chi connectivity index (χ3v) is 1.98. The predicted octanol–water partition coefficient (Wildman–Crippen LogP) is 4.11. The van der Waals surface area contributed by atoms with Gasteiger partial charge in [0.05, 0.1) is 0 Å². The number of hydrogen-bond acceptors (Lipinski definition) is 1. The Kier molecular flexibility index (Phi) is 7.49. The molecule has 1 radical (unpaired) electrons. The molecule has 0 aromatic carbocycles. The summed E-state index contributed by atoms with van der Waals surface area (Å²) in [4.78, 5) is 4.40. The molecule has 2 heteroatoms. The minimum Gasteiger partial charge on any atom is -0.383 e. The van der Waals surface area contributed by atoms with Gasteiger partial charge in [-0.05, 0) is 26.5 Å². The molecule has 1 aromatic heterocycles. The number of allylic oxidation sites excluding steroid dienone is 5. The van der Waals surface area contributed by atoms with Crippen LogP contribution in [0.5, 0.6) is 0 Å². The number of rotatable bonds is 3. The average Bonchev–Trinajstić information content (AvgIpc) is 2.16. The molecule has 0 amide bonds. The molecular weight excluding hydrogens is 283 g/mol. The molecule has 1 nitrogen and oxygen atoms in total. The zero-order chi connectivity index (χ0) is 12.1. The zero-order valence-corrected chi connectivity index (χ0v) is 13.9. The predicted molar refractivity (Wildman–Crippen MR) is 70.0 cm³/mol. The van der Waals surface area contributed by atoms with Gasteiger partial charge in [-0.2, -0.15) is 12.1 Å². The van der Waals surface area contributed by atoms with E-state index in [1.54, 1.807) is 0 Å². The van der Waals surface area contributed by atoms with Crippen LogP contribution in [-0.2, 0) is 32.7 Å². The van der Waals surface area contributed by atoms with Gasteiger partial charge < -0.3 is 4.98 Å². The third-order valence-electron chi connectivity index (χ3n) is 1.98. The number of hydrogen-bond donors (Lipinski definition) is 0. The molecule has 0 N–H and O–H groups in total. The van der Waals surface area contributed by atoms with Gasteiger partial charge in [0.15, 0.2) is 0 Å². The van der Waals surface area contributed by atoms with Crippen LogP contribution in [0.15, 0.2) is 42.1 Å². The van der Waals surface area contributed by atoms with Gasteiger partial charge in [0.2, 0.25) is 0 Å². The van der Waals surface area contributed by atoms with Crippen molar-refractivity contribution in [2.75, 3.05) is 0 Å². The smallest absolute Gasteiger partial charge is 0 e. The minimum absolute atomic E-state index is 0. The molecule has 87 valence electrons. The fourth-order valence-electron chi connectivity index (χ4n) is 1.35. The Hall–Kier alpha value is -0.526. The molecule has 17 heavy (non-hydrogen) atoms. The molecule has 0 aliphatic heterocycles. The quantitative estimate of drug-likeness (QED) is 0.604. The van der Waals surface area contributed by atoms with E-state index in [-0.39, 0.29) is 32.7 Å². The second kappa shape index (κ2) is 7.73. The Morgan fingerprint density at radius 3 is 2.35 bits per heavy atom. The standard InChI is InChI=1S/C15H18N.Y/c1-11(2)8-14(9-12(3)4)15-7-6-13(5)10-16-15;/h7-10H,1H2,2-5H3;/q-1;/b14-8+;. The molecule has 1 heterocycles. The molecule has 0 saturated carbocycles. The van der Waals surface area contributed by atoms with Crippen molar-refractivity contribution in [3.8, 4) is 0 Å². The second-order valence-electron chi connectivity index (χ2n) is 4.28. The van der Waals surface area contributed by atoms with Crippen LogP contribution in [0.2, 0.25) is 0 Å². The van der Waals surface area contributed by atoms with Gasteiger partial charge in [-0.1, -0.05) is 48.6 Å². The number of aromatic nitrogens is 1. The SMILES string of the molecule is C=C(C)/C=C(\C=C(C)C)c1c[c-]c(C)cn1.[Y]. The second-order valence-corrected chi connectivity index (χ2v) is 4.28. The van der Waals surface area contributed by atoms with E-state index in [4.69, 9.17) is 0 Å². The number of nitrogens with zero attached hydrogens (tertiary/aromatic N) is 1. The van der Waals surface area contributed by atoms with Crippen LogP contribution in [0, 0.1) is 13.0 Å². The van der Waals surface area contributed by atoms with Crippen LogP contribution in [0.4, 0.5) is 0 Å². The Morgan fingerprint density at radius 2 is 1.94 bits per heavy atom. The van der Waals surface area contributed by atoms with Gasteiger partial charge in [-0.15, -0.1) is 5.56 Å². The summed E-state index contributed by atoms with van der Waals surface area (Å²) in [7, 11) is 0. The maximum atomic E-state index is 4.40. The summed E-state index contributed by atoms with van der Waals surface area (Å²) >= 11 is 0. The molecule has 0 saturated heterocycles. The zero-order valence-electron chi connectivity index (χ0n) is 11.0. The molecular formula is C15H18NY-. The van der Waals surface area contributed by atoms with Crippen LogP contribution in [0.25, 0.3) is 5.57 Å². The summed E-state index contributed by atoms with van der Waals surface area (Å²) < 4.78 is 0. The first-order valence-corrected chi connectivity index (χ1v) is 5.36.